The SMILES string of the molecule is CC(C)(C)[Si](OCCCCC1=CN(S(=O)(=O)c2ccccc2)CCC1)(c1ccccc1)c1ccccc1. The second-order valence-electron chi connectivity index (χ2n) is 10.8. The molecule has 0 unspecified atom stereocenters. The zero-order valence-corrected chi connectivity index (χ0v) is 24.1. The van der Waals surface area contributed by atoms with E-state index < -0.39 is 18.3 Å². The smallest absolute Gasteiger partial charge is 0.263 e. The number of allylic oxidation sites excluding steroid dienone is 1. The number of sulfonamides is 1. The molecular formula is C31H39NO3SSi. The second-order valence-corrected chi connectivity index (χ2v) is 17.0. The average molecular weight is 534 g/mol. The van der Waals surface area contributed by atoms with Crippen LogP contribution in [0, 0.1) is 0 Å². The van der Waals surface area contributed by atoms with Crippen LogP contribution in [0.4, 0.5) is 0 Å². The highest BCUT2D eigenvalue weighted by molar-refractivity contribution is 7.89. The van der Waals surface area contributed by atoms with Crippen LogP contribution in [0.25, 0.3) is 0 Å². The van der Waals surface area contributed by atoms with Crippen molar-refractivity contribution >= 4 is 28.7 Å². The lowest BCUT2D eigenvalue weighted by Gasteiger charge is -2.43. The van der Waals surface area contributed by atoms with Crippen LogP contribution in [-0.2, 0) is 14.4 Å². The summed E-state index contributed by atoms with van der Waals surface area (Å²) in [7, 11) is -6.00. The van der Waals surface area contributed by atoms with Gasteiger partial charge >= 0.3 is 0 Å². The Hall–Kier alpha value is -2.67. The Kier molecular flexibility index (Phi) is 8.73. The molecule has 0 bridgehead atoms. The van der Waals surface area contributed by atoms with Crippen LogP contribution in [0.5, 0.6) is 0 Å². The lowest BCUT2D eigenvalue weighted by Crippen LogP contribution is -2.66. The molecule has 1 heterocycles. The first-order valence-corrected chi connectivity index (χ1v) is 16.6. The number of benzene rings is 3. The molecule has 0 saturated heterocycles. The minimum absolute atomic E-state index is 0.0338. The van der Waals surface area contributed by atoms with Gasteiger partial charge in [0.1, 0.15) is 0 Å². The second kappa shape index (κ2) is 11.8. The van der Waals surface area contributed by atoms with E-state index in [0.717, 1.165) is 32.1 Å². The van der Waals surface area contributed by atoms with Crippen LogP contribution in [-0.4, -0.2) is 34.2 Å². The number of hydrogen-bond donors (Lipinski definition) is 0. The number of rotatable bonds is 10. The van der Waals surface area contributed by atoms with Crippen LogP contribution in [0.3, 0.4) is 0 Å². The Morgan fingerprint density at radius 3 is 1.89 bits per heavy atom. The summed E-state index contributed by atoms with van der Waals surface area (Å²) in [5, 5.41) is 2.56. The van der Waals surface area contributed by atoms with Gasteiger partial charge < -0.3 is 4.43 Å². The zero-order valence-electron chi connectivity index (χ0n) is 22.3. The molecule has 0 saturated carbocycles. The van der Waals surface area contributed by atoms with Crippen molar-refractivity contribution in [2.45, 2.75) is 62.8 Å². The first-order valence-electron chi connectivity index (χ1n) is 13.3. The standard InChI is InChI=1S/C31H39NO3SSi/c1-31(2,3)37(29-20-9-5-10-21-29,30-22-11-6-12-23-30)35-25-14-13-16-27-17-15-24-32(26-27)36(33,34)28-18-7-4-8-19-28/h4-12,18-23,26H,13-17,24-25H2,1-3H3. The molecule has 196 valence electrons. The molecule has 4 rings (SSSR count). The van der Waals surface area contributed by atoms with Gasteiger partial charge in [-0.15, -0.1) is 0 Å². The van der Waals surface area contributed by atoms with Gasteiger partial charge in [0.15, 0.2) is 0 Å². The maximum absolute atomic E-state index is 13.0. The summed E-state index contributed by atoms with van der Waals surface area (Å²) in [6, 6.07) is 30.2. The van der Waals surface area contributed by atoms with Gasteiger partial charge in [-0.25, -0.2) is 8.42 Å². The predicted molar refractivity (Wildman–Crippen MR) is 155 cm³/mol. The maximum Gasteiger partial charge on any atom is 0.263 e. The van der Waals surface area contributed by atoms with Gasteiger partial charge in [-0.05, 0) is 59.6 Å². The summed E-state index contributed by atoms with van der Waals surface area (Å²) >= 11 is 0. The number of nitrogens with zero attached hydrogens (tertiary/aromatic N) is 1. The molecule has 1 aliphatic heterocycles. The van der Waals surface area contributed by atoms with Crippen LogP contribution < -0.4 is 10.4 Å². The van der Waals surface area contributed by atoms with Crippen LogP contribution in [0.2, 0.25) is 5.04 Å². The molecule has 0 aromatic heterocycles. The van der Waals surface area contributed by atoms with E-state index in [1.807, 2.05) is 12.3 Å². The highest BCUT2D eigenvalue weighted by Gasteiger charge is 2.49. The van der Waals surface area contributed by atoms with Crippen molar-refractivity contribution < 1.29 is 12.8 Å². The van der Waals surface area contributed by atoms with Gasteiger partial charge in [-0.1, -0.05) is 105 Å². The molecule has 0 spiro atoms. The van der Waals surface area contributed by atoms with Gasteiger partial charge in [0.05, 0.1) is 4.90 Å². The van der Waals surface area contributed by atoms with Gasteiger partial charge in [0.25, 0.3) is 18.3 Å². The van der Waals surface area contributed by atoms with Crippen molar-refractivity contribution in [2.24, 2.45) is 0 Å². The van der Waals surface area contributed by atoms with Gasteiger partial charge in [-0.3, -0.25) is 4.31 Å². The largest absolute Gasteiger partial charge is 0.407 e. The minimum atomic E-state index is -3.49. The first kappa shape index (κ1) is 27.4. The summed E-state index contributed by atoms with van der Waals surface area (Å²) in [6.07, 6.45) is 6.49. The Labute approximate surface area is 224 Å². The quantitative estimate of drug-likeness (QED) is 0.234. The molecule has 6 heteroatoms. The molecule has 3 aromatic carbocycles. The van der Waals surface area contributed by atoms with Crippen LogP contribution >= 0.6 is 0 Å². The molecule has 37 heavy (non-hydrogen) atoms. The zero-order chi connectivity index (χ0) is 26.4. The van der Waals surface area contributed by atoms with E-state index in [9.17, 15) is 8.42 Å². The van der Waals surface area contributed by atoms with E-state index in [4.69, 9.17) is 4.43 Å². The summed E-state index contributed by atoms with van der Waals surface area (Å²) in [5.41, 5.74) is 1.20. The van der Waals surface area contributed by atoms with E-state index >= 15 is 0 Å². The Morgan fingerprint density at radius 1 is 0.811 bits per heavy atom. The highest BCUT2D eigenvalue weighted by Crippen LogP contribution is 2.37. The molecule has 0 atom stereocenters. The number of unbranched alkanes of at least 4 members (excludes halogenated alkanes) is 1. The minimum Gasteiger partial charge on any atom is -0.407 e. The third-order valence-corrected chi connectivity index (χ3v) is 14.0. The van der Waals surface area contributed by atoms with Gasteiger partial charge in [-0.2, -0.15) is 0 Å². The molecule has 3 aromatic rings. The molecule has 0 amide bonds. The predicted octanol–water partition coefficient (Wildman–Crippen LogP) is 6.10. The molecule has 0 fully saturated rings. The molecule has 1 aliphatic rings. The van der Waals surface area contributed by atoms with Crippen molar-refractivity contribution in [1.82, 2.24) is 4.31 Å². The average Bonchev–Trinajstić information content (AvgIpc) is 2.92. The first-order chi connectivity index (χ1) is 17.7. The van der Waals surface area contributed by atoms with E-state index in [1.165, 1.54) is 20.3 Å². The van der Waals surface area contributed by atoms with E-state index in [0.29, 0.717) is 18.0 Å². The molecule has 0 aliphatic carbocycles. The molecule has 4 nitrogen and oxygen atoms in total. The lowest BCUT2D eigenvalue weighted by molar-refractivity contribution is 0.288. The highest BCUT2D eigenvalue weighted by atomic mass is 32.2. The molecule has 0 radical (unpaired) electrons. The fourth-order valence-corrected chi connectivity index (χ4v) is 11.4. The fourth-order valence-electron chi connectivity index (χ4n) is 5.34. The monoisotopic (exact) mass is 533 g/mol. The van der Waals surface area contributed by atoms with Crippen LogP contribution in [0.15, 0.2) is 108 Å². The lowest BCUT2D eigenvalue weighted by atomic mass is 10.0. The van der Waals surface area contributed by atoms with E-state index in [1.54, 1.807) is 24.3 Å². The van der Waals surface area contributed by atoms with Crippen molar-refractivity contribution in [3.63, 3.8) is 0 Å². The number of hydrogen-bond acceptors (Lipinski definition) is 3. The normalized spacial score (nSPS) is 14.9. The summed E-state index contributed by atoms with van der Waals surface area (Å²) < 4.78 is 34.6. The molecular weight excluding hydrogens is 494 g/mol. The van der Waals surface area contributed by atoms with E-state index in [2.05, 4.69) is 81.4 Å². The Balaban J connectivity index is 1.44. The van der Waals surface area contributed by atoms with Crippen molar-refractivity contribution in [3.05, 3.63) is 103 Å². The topological polar surface area (TPSA) is 46.6 Å². The van der Waals surface area contributed by atoms with E-state index in [-0.39, 0.29) is 5.04 Å². The van der Waals surface area contributed by atoms with Crippen molar-refractivity contribution in [1.29, 1.82) is 0 Å². The maximum atomic E-state index is 13.0. The van der Waals surface area contributed by atoms with Crippen LogP contribution in [0.1, 0.15) is 52.9 Å². The summed E-state index contributed by atoms with van der Waals surface area (Å²) in [6.45, 7) is 8.12. The summed E-state index contributed by atoms with van der Waals surface area (Å²) in [4.78, 5) is 0.353. The Bertz CT molecular complexity index is 1230. The summed E-state index contributed by atoms with van der Waals surface area (Å²) in [5.74, 6) is 0. The third kappa shape index (κ3) is 6.08. The van der Waals surface area contributed by atoms with Crippen molar-refractivity contribution in [3.8, 4) is 0 Å². The van der Waals surface area contributed by atoms with Gasteiger partial charge in [0, 0.05) is 19.4 Å². The van der Waals surface area contributed by atoms with Gasteiger partial charge in [0.2, 0.25) is 0 Å². The molecule has 0 N–H and O–H groups in total. The Morgan fingerprint density at radius 2 is 1.35 bits per heavy atom. The third-order valence-electron chi connectivity index (χ3n) is 7.18. The fraction of sp³-hybridized carbons (Fsp3) is 0.355. The van der Waals surface area contributed by atoms with Crippen molar-refractivity contribution in [2.75, 3.05) is 13.2 Å².